The lowest BCUT2D eigenvalue weighted by Crippen LogP contribution is -2.28. The van der Waals surface area contributed by atoms with E-state index in [0.717, 1.165) is 6.07 Å². The second-order valence-electron chi connectivity index (χ2n) is 2.18. The molecule has 0 fully saturated rings. The number of carbonyl (C=O) groups is 1. The third-order valence-electron chi connectivity index (χ3n) is 1.36. The fourth-order valence-electron chi connectivity index (χ4n) is 0.838. The molecule has 64 valence electrons. The standard InChI is InChI=1S/C7H6FNO3/c8-9(11,12)7-4-2-1-3-6(7)5-10/h1-5,11H. The van der Waals surface area contributed by atoms with E-state index in [2.05, 4.69) is 0 Å². The first-order valence-corrected chi connectivity index (χ1v) is 3.13. The van der Waals surface area contributed by atoms with Crippen molar-refractivity contribution in [1.82, 2.24) is 5.03 Å². The zero-order valence-electron chi connectivity index (χ0n) is 5.98. The molecule has 1 aromatic carbocycles. The van der Waals surface area contributed by atoms with Gasteiger partial charge in [-0.2, -0.15) is 5.21 Å². The quantitative estimate of drug-likeness (QED) is 0.417. The highest BCUT2D eigenvalue weighted by Crippen LogP contribution is 2.23. The molecule has 0 aliphatic heterocycles. The molecule has 0 radical (unpaired) electrons. The van der Waals surface area contributed by atoms with Gasteiger partial charge in [0.25, 0.3) is 0 Å². The van der Waals surface area contributed by atoms with E-state index in [-0.39, 0.29) is 5.56 Å². The molecule has 0 bridgehead atoms. The van der Waals surface area contributed by atoms with Crippen molar-refractivity contribution in [3.05, 3.63) is 35.0 Å². The molecule has 1 atom stereocenters. The molecule has 12 heavy (non-hydrogen) atoms. The number of rotatable bonds is 2. The summed E-state index contributed by atoms with van der Waals surface area (Å²) in [5, 5.41) is 15.6. The summed E-state index contributed by atoms with van der Waals surface area (Å²) in [4.78, 5) is 10.2. The van der Waals surface area contributed by atoms with Crippen molar-refractivity contribution in [2.75, 3.05) is 0 Å². The molecule has 0 spiro atoms. The van der Waals surface area contributed by atoms with Gasteiger partial charge in [0.15, 0.2) is 6.29 Å². The largest absolute Gasteiger partial charge is 0.553 e. The lowest BCUT2D eigenvalue weighted by atomic mass is 10.2. The third kappa shape index (κ3) is 1.65. The fraction of sp³-hybridized carbons (Fsp3) is 0. The predicted molar refractivity (Wildman–Crippen MR) is 39.9 cm³/mol. The summed E-state index contributed by atoms with van der Waals surface area (Å²) < 4.78 is 12.3. The van der Waals surface area contributed by atoms with Gasteiger partial charge in [0, 0.05) is 15.6 Å². The maximum atomic E-state index is 12.3. The van der Waals surface area contributed by atoms with Crippen LogP contribution in [0.3, 0.4) is 0 Å². The summed E-state index contributed by atoms with van der Waals surface area (Å²) in [6, 6.07) is 5.09. The van der Waals surface area contributed by atoms with Gasteiger partial charge in [-0.15, -0.1) is 0 Å². The zero-order valence-corrected chi connectivity index (χ0v) is 5.98. The van der Waals surface area contributed by atoms with E-state index in [9.17, 15) is 14.5 Å². The predicted octanol–water partition coefficient (Wildman–Crippen LogP) is 1.58. The van der Waals surface area contributed by atoms with Gasteiger partial charge in [-0.3, -0.25) is 4.79 Å². The Balaban J connectivity index is 3.23. The molecule has 0 heterocycles. The molecule has 1 unspecified atom stereocenters. The number of carbonyl (C=O) groups excluding carboxylic acids is 1. The van der Waals surface area contributed by atoms with Crippen LogP contribution in [0.5, 0.6) is 0 Å². The van der Waals surface area contributed by atoms with Crippen LogP contribution < -0.4 is 5.03 Å². The van der Waals surface area contributed by atoms with E-state index < -0.39 is 10.7 Å². The lowest BCUT2D eigenvalue weighted by molar-refractivity contribution is -0.179. The molecule has 1 rings (SSSR count). The Bertz CT molecular complexity index is 295. The first-order chi connectivity index (χ1) is 5.55. The van der Waals surface area contributed by atoms with Crippen LogP contribution in [0.15, 0.2) is 24.3 Å². The second kappa shape index (κ2) is 2.98. The topological polar surface area (TPSA) is 60.4 Å². The van der Waals surface area contributed by atoms with E-state index in [0.29, 0.717) is 6.29 Å². The minimum absolute atomic E-state index is 0.169. The van der Waals surface area contributed by atoms with Crippen LogP contribution in [0.4, 0.5) is 10.2 Å². The van der Waals surface area contributed by atoms with Gasteiger partial charge in [-0.25, -0.2) is 0 Å². The fourth-order valence-corrected chi connectivity index (χ4v) is 0.838. The SMILES string of the molecule is O=Cc1ccccc1[N+]([O-])(O)F. The number of halogens is 1. The highest BCUT2D eigenvalue weighted by atomic mass is 19.2. The minimum Gasteiger partial charge on any atom is -0.553 e. The summed E-state index contributed by atoms with van der Waals surface area (Å²) in [6.45, 7) is 0. The van der Waals surface area contributed by atoms with Crippen molar-refractivity contribution in [2.24, 2.45) is 0 Å². The summed E-state index contributed by atoms with van der Waals surface area (Å²) in [7, 11) is 0. The van der Waals surface area contributed by atoms with Crippen LogP contribution in [-0.4, -0.2) is 11.5 Å². The smallest absolute Gasteiger partial charge is 0.217 e. The van der Waals surface area contributed by atoms with Gasteiger partial charge in [-0.05, 0) is 6.07 Å². The van der Waals surface area contributed by atoms with E-state index in [4.69, 9.17) is 5.21 Å². The van der Waals surface area contributed by atoms with Crippen LogP contribution >= 0.6 is 0 Å². The van der Waals surface area contributed by atoms with Crippen molar-refractivity contribution >= 4 is 12.0 Å². The number of nitrogens with zero attached hydrogens (tertiary/aromatic N) is 1. The highest BCUT2D eigenvalue weighted by Gasteiger charge is 2.21. The number of hydrogen-bond donors (Lipinski definition) is 1. The number of benzene rings is 1. The van der Waals surface area contributed by atoms with Gasteiger partial charge in [0.05, 0.1) is 5.56 Å². The van der Waals surface area contributed by atoms with Crippen molar-refractivity contribution < 1.29 is 14.5 Å². The van der Waals surface area contributed by atoms with E-state index in [1.54, 1.807) is 0 Å². The Morgan fingerprint density at radius 2 is 2.08 bits per heavy atom. The minimum atomic E-state index is -3.07. The molecule has 0 amide bonds. The molecule has 1 aromatic rings. The molecule has 0 saturated heterocycles. The van der Waals surface area contributed by atoms with Gasteiger partial charge in [0.2, 0.25) is 5.69 Å². The summed E-state index contributed by atoms with van der Waals surface area (Å²) in [6.07, 6.45) is 0.302. The maximum Gasteiger partial charge on any atom is 0.217 e. The Labute approximate surface area is 67.5 Å². The van der Waals surface area contributed by atoms with Gasteiger partial charge in [0.1, 0.15) is 0 Å². The molecule has 1 N–H and O–H groups in total. The zero-order chi connectivity index (χ0) is 9.19. The van der Waals surface area contributed by atoms with Crippen molar-refractivity contribution in [3.8, 4) is 0 Å². The van der Waals surface area contributed by atoms with Crippen LogP contribution in [0.25, 0.3) is 0 Å². The van der Waals surface area contributed by atoms with E-state index in [1.165, 1.54) is 18.2 Å². The van der Waals surface area contributed by atoms with Crippen molar-refractivity contribution in [1.29, 1.82) is 0 Å². The first kappa shape index (κ1) is 8.79. The Morgan fingerprint density at radius 3 is 2.50 bits per heavy atom. The van der Waals surface area contributed by atoms with Crippen molar-refractivity contribution in [3.63, 3.8) is 0 Å². The molecule has 0 aromatic heterocycles. The second-order valence-corrected chi connectivity index (χ2v) is 2.18. The Kier molecular flexibility index (Phi) is 2.18. The summed E-state index contributed by atoms with van der Waals surface area (Å²) >= 11 is 0. The molecule has 0 aliphatic rings. The number of aldehydes is 1. The molecular weight excluding hydrogens is 165 g/mol. The molecule has 0 aliphatic carbocycles. The molecule has 4 nitrogen and oxygen atoms in total. The molecule has 5 heteroatoms. The first-order valence-electron chi connectivity index (χ1n) is 3.13. The van der Waals surface area contributed by atoms with Crippen LogP contribution in [-0.2, 0) is 0 Å². The average molecular weight is 171 g/mol. The van der Waals surface area contributed by atoms with Crippen LogP contribution in [0, 0.1) is 5.21 Å². The highest BCUT2D eigenvalue weighted by molar-refractivity contribution is 5.83. The Hall–Kier alpha value is -1.30. The normalized spacial score (nSPS) is 15.2. The maximum absolute atomic E-state index is 12.3. The van der Waals surface area contributed by atoms with Crippen molar-refractivity contribution in [2.45, 2.75) is 0 Å². The molecular formula is C7H6FNO3. The average Bonchev–Trinajstić information content (AvgIpc) is 2.03. The summed E-state index contributed by atoms with van der Waals surface area (Å²) in [5.74, 6) is 0. The van der Waals surface area contributed by atoms with Gasteiger partial charge >= 0.3 is 0 Å². The Morgan fingerprint density at radius 1 is 1.50 bits per heavy atom. The number of para-hydroxylation sites is 1. The number of quaternary nitrogens is 1. The van der Waals surface area contributed by atoms with E-state index >= 15 is 0 Å². The van der Waals surface area contributed by atoms with Crippen LogP contribution in [0.1, 0.15) is 10.4 Å². The lowest BCUT2D eigenvalue weighted by Gasteiger charge is -2.19. The summed E-state index contributed by atoms with van der Waals surface area (Å²) in [5.41, 5.74) is -0.787. The third-order valence-corrected chi connectivity index (χ3v) is 1.36. The van der Waals surface area contributed by atoms with Gasteiger partial charge in [-0.1, -0.05) is 12.1 Å². The van der Waals surface area contributed by atoms with Gasteiger partial charge < -0.3 is 5.21 Å². The van der Waals surface area contributed by atoms with Crippen LogP contribution in [0.2, 0.25) is 0 Å². The molecule has 0 saturated carbocycles. The van der Waals surface area contributed by atoms with E-state index in [1.807, 2.05) is 0 Å². The number of hydrogen-bond acceptors (Lipinski definition) is 3. The monoisotopic (exact) mass is 171 g/mol.